The monoisotopic (exact) mass is 261 g/mol. The highest BCUT2D eigenvalue weighted by atomic mass is 16.2. The number of fused-ring (bicyclic) bond motifs is 1. The van der Waals surface area contributed by atoms with E-state index in [1.54, 1.807) is 6.07 Å². The van der Waals surface area contributed by atoms with Crippen molar-refractivity contribution in [1.82, 2.24) is 5.32 Å². The van der Waals surface area contributed by atoms with Gasteiger partial charge in [-0.15, -0.1) is 0 Å². The maximum Gasteiger partial charge on any atom is 0.240 e. The third kappa shape index (κ3) is 3.05. The highest BCUT2D eigenvalue weighted by molar-refractivity contribution is 6.01. The average molecular weight is 261 g/mol. The predicted octanol–water partition coefficient (Wildman–Crippen LogP) is 1.07. The van der Waals surface area contributed by atoms with Crippen molar-refractivity contribution in [2.75, 3.05) is 17.2 Å². The number of nitrogen functional groups attached to an aromatic ring is 1. The Kier molecular flexibility index (Phi) is 3.74. The van der Waals surface area contributed by atoms with E-state index in [0.717, 1.165) is 11.3 Å². The highest BCUT2D eigenvalue weighted by Crippen LogP contribution is 2.29. The van der Waals surface area contributed by atoms with Crippen LogP contribution in [-0.4, -0.2) is 24.4 Å². The molecule has 2 rings (SSSR count). The Balaban J connectivity index is 2.21. The summed E-state index contributed by atoms with van der Waals surface area (Å²) in [6.45, 7) is 3.85. The van der Waals surface area contributed by atoms with Crippen LogP contribution >= 0.6 is 0 Å². The summed E-state index contributed by atoms with van der Waals surface area (Å²) < 4.78 is 0. The van der Waals surface area contributed by atoms with E-state index < -0.39 is 0 Å². The number of carbonyl (C=O) groups excluding carboxylic acids is 2. The first-order valence-electron chi connectivity index (χ1n) is 6.45. The lowest BCUT2D eigenvalue weighted by Gasteiger charge is -2.29. The van der Waals surface area contributed by atoms with Crippen LogP contribution < -0.4 is 16.0 Å². The van der Waals surface area contributed by atoms with Gasteiger partial charge in [0, 0.05) is 23.8 Å². The summed E-state index contributed by atoms with van der Waals surface area (Å²) >= 11 is 0. The van der Waals surface area contributed by atoms with Gasteiger partial charge in [0.15, 0.2) is 0 Å². The molecule has 0 bridgehead atoms. The molecule has 5 heteroatoms. The molecule has 0 spiro atoms. The minimum Gasteiger partial charge on any atom is -0.399 e. The molecule has 0 aromatic heterocycles. The molecule has 1 aliphatic heterocycles. The molecule has 0 radical (unpaired) electrons. The van der Waals surface area contributed by atoms with Crippen molar-refractivity contribution in [3.8, 4) is 0 Å². The van der Waals surface area contributed by atoms with Gasteiger partial charge in [0.05, 0.1) is 0 Å². The smallest absolute Gasteiger partial charge is 0.240 e. The number of amides is 2. The summed E-state index contributed by atoms with van der Waals surface area (Å²) in [5, 5.41) is 2.80. The fourth-order valence-electron chi connectivity index (χ4n) is 2.26. The van der Waals surface area contributed by atoms with E-state index in [4.69, 9.17) is 5.73 Å². The molecular formula is C14H19N3O2. The van der Waals surface area contributed by atoms with Crippen LogP contribution in [0.25, 0.3) is 0 Å². The zero-order chi connectivity index (χ0) is 14.0. The molecule has 3 N–H and O–H groups in total. The summed E-state index contributed by atoms with van der Waals surface area (Å²) in [7, 11) is 0. The second-order valence-corrected chi connectivity index (χ2v) is 5.09. The van der Waals surface area contributed by atoms with Gasteiger partial charge in [-0.2, -0.15) is 0 Å². The molecular weight excluding hydrogens is 242 g/mol. The highest BCUT2D eigenvalue weighted by Gasteiger charge is 2.26. The van der Waals surface area contributed by atoms with E-state index in [9.17, 15) is 9.59 Å². The van der Waals surface area contributed by atoms with E-state index in [2.05, 4.69) is 5.32 Å². The average Bonchev–Trinajstić information content (AvgIpc) is 2.32. The molecule has 2 amide bonds. The van der Waals surface area contributed by atoms with Crippen LogP contribution in [0.3, 0.4) is 0 Å². The van der Waals surface area contributed by atoms with Crippen molar-refractivity contribution >= 4 is 23.2 Å². The van der Waals surface area contributed by atoms with Gasteiger partial charge in [-0.25, -0.2) is 0 Å². The number of anilines is 2. The van der Waals surface area contributed by atoms with Crippen LogP contribution in [0.2, 0.25) is 0 Å². The Bertz CT molecular complexity index is 511. The number of hydrogen-bond donors (Lipinski definition) is 2. The zero-order valence-electron chi connectivity index (χ0n) is 11.3. The quantitative estimate of drug-likeness (QED) is 0.799. The molecule has 1 heterocycles. The minimum atomic E-state index is -0.145. The fraction of sp³-hybridized carbons (Fsp3) is 0.429. The van der Waals surface area contributed by atoms with Crippen molar-refractivity contribution in [2.45, 2.75) is 32.7 Å². The summed E-state index contributed by atoms with van der Waals surface area (Å²) in [5.74, 6) is -0.163. The fourth-order valence-corrected chi connectivity index (χ4v) is 2.26. The molecule has 102 valence electrons. The molecule has 0 saturated carbocycles. The predicted molar refractivity (Wildman–Crippen MR) is 74.8 cm³/mol. The van der Waals surface area contributed by atoms with Crippen LogP contribution in [0.1, 0.15) is 25.8 Å². The summed E-state index contributed by atoms with van der Waals surface area (Å²) in [6, 6.07) is 5.50. The van der Waals surface area contributed by atoms with Gasteiger partial charge in [0.1, 0.15) is 6.54 Å². The Morgan fingerprint density at radius 3 is 2.84 bits per heavy atom. The maximum absolute atomic E-state index is 12.0. The first-order chi connectivity index (χ1) is 8.97. The number of aryl methyl sites for hydroxylation is 1. The van der Waals surface area contributed by atoms with Crippen LogP contribution in [0, 0.1) is 0 Å². The molecule has 0 atom stereocenters. The van der Waals surface area contributed by atoms with Gasteiger partial charge in [-0.1, -0.05) is 0 Å². The van der Waals surface area contributed by atoms with Crippen molar-refractivity contribution in [2.24, 2.45) is 0 Å². The third-order valence-electron chi connectivity index (χ3n) is 3.05. The Labute approximate surface area is 112 Å². The van der Waals surface area contributed by atoms with Crippen molar-refractivity contribution < 1.29 is 9.59 Å². The Morgan fingerprint density at radius 1 is 1.42 bits per heavy atom. The van der Waals surface area contributed by atoms with Crippen molar-refractivity contribution in [3.05, 3.63) is 23.8 Å². The Morgan fingerprint density at radius 2 is 2.16 bits per heavy atom. The van der Waals surface area contributed by atoms with Crippen LogP contribution in [0.4, 0.5) is 11.4 Å². The molecule has 0 fully saturated rings. The van der Waals surface area contributed by atoms with Gasteiger partial charge < -0.3 is 16.0 Å². The van der Waals surface area contributed by atoms with E-state index in [-0.39, 0.29) is 24.4 Å². The van der Waals surface area contributed by atoms with Crippen LogP contribution in [-0.2, 0) is 16.0 Å². The minimum absolute atomic E-state index is 0.0174. The molecule has 19 heavy (non-hydrogen) atoms. The number of nitrogens with one attached hydrogen (secondary N) is 1. The van der Waals surface area contributed by atoms with Crippen LogP contribution in [0.5, 0.6) is 0 Å². The van der Waals surface area contributed by atoms with Gasteiger partial charge >= 0.3 is 0 Å². The Hall–Kier alpha value is -2.04. The summed E-state index contributed by atoms with van der Waals surface area (Å²) in [4.78, 5) is 25.3. The van der Waals surface area contributed by atoms with E-state index in [1.807, 2.05) is 26.0 Å². The topological polar surface area (TPSA) is 75.4 Å². The molecule has 1 aliphatic rings. The van der Waals surface area contributed by atoms with Crippen LogP contribution in [0.15, 0.2) is 18.2 Å². The SMILES string of the molecule is CC(C)NC(=O)CN1C(=O)CCc2cc(N)ccc21. The second kappa shape index (κ2) is 5.30. The standard InChI is InChI=1S/C14H19N3O2/c1-9(2)16-13(18)8-17-12-5-4-11(15)7-10(12)3-6-14(17)19/h4-5,7,9H,3,6,8,15H2,1-2H3,(H,16,18). The zero-order valence-corrected chi connectivity index (χ0v) is 11.3. The molecule has 0 unspecified atom stereocenters. The van der Waals surface area contributed by atoms with E-state index in [1.165, 1.54) is 4.90 Å². The first-order valence-corrected chi connectivity index (χ1v) is 6.45. The lowest BCUT2D eigenvalue weighted by molar-refractivity contribution is -0.124. The van der Waals surface area contributed by atoms with Crippen molar-refractivity contribution in [1.29, 1.82) is 0 Å². The number of hydrogen-bond acceptors (Lipinski definition) is 3. The van der Waals surface area contributed by atoms with E-state index >= 15 is 0 Å². The van der Waals surface area contributed by atoms with Gasteiger partial charge in [-0.05, 0) is 44.0 Å². The van der Waals surface area contributed by atoms with Gasteiger partial charge in [0.25, 0.3) is 0 Å². The summed E-state index contributed by atoms with van der Waals surface area (Å²) in [5.41, 5.74) is 8.25. The molecule has 1 aromatic carbocycles. The molecule has 5 nitrogen and oxygen atoms in total. The number of nitrogens with two attached hydrogens (primary N) is 1. The van der Waals surface area contributed by atoms with Crippen molar-refractivity contribution in [3.63, 3.8) is 0 Å². The first kappa shape index (κ1) is 13.4. The van der Waals surface area contributed by atoms with Gasteiger partial charge in [-0.3, -0.25) is 9.59 Å². The second-order valence-electron chi connectivity index (χ2n) is 5.09. The van der Waals surface area contributed by atoms with Gasteiger partial charge in [0.2, 0.25) is 11.8 Å². The van der Waals surface area contributed by atoms with E-state index in [0.29, 0.717) is 18.5 Å². The number of rotatable bonds is 3. The molecule has 0 saturated heterocycles. The molecule has 1 aromatic rings. The summed E-state index contributed by atoms with van der Waals surface area (Å²) in [6.07, 6.45) is 1.10. The lowest BCUT2D eigenvalue weighted by Crippen LogP contribution is -2.44. The largest absolute Gasteiger partial charge is 0.399 e. The third-order valence-corrected chi connectivity index (χ3v) is 3.05. The normalized spacial score (nSPS) is 14.5. The number of carbonyl (C=O) groups is 2. The number of nitrogens with zero attached hydrogens (tertiary/aromatic N) is 1. The lowest BCUT2D eigenvalue weighted by atomic mass is 10.0. The maximum atomic E-state index is 12.0. The number of benzene rings is 1. The molecule has 0 aliphatic carbocycles.